The Hall–Kier alpha value is -0.610. The Kier molecular flexibility index (Phi) is 4.35. The Labute approximate surface area is 84.4 Å². The second kappa shape index (κ2) is 5.32. The summed E-state index contributed by atoms with van der Waals surface area (Å²) < 4.78 is 5.54. The highest BCUT2D eigenvalue weighted by molar-refractivity contribution is 5.70. The predicted octanol–water partition coefficient (Wildman–Crippen LogP) is 0.851. The first-order valence-electron chi connectivity index (χ1n) is 5.21. The Morgan fingerprint density at radius 3 is 2.86 bits per heavy atom. The minimum absolute atomic E-state index is 0.0772. The van der Waals surface area contributed by atoms with E-state index in [-0.39, 0.29) is 17.9 Å². The summed E-state index contributed by atoms with van der Waals surface area (Å²) in [4.78, 5) is 10.9. The highest BCUT2D eigenvalue weighted by atomic mass is 16.5. The second-order valence-corrected chi connectivity index (χ2v) is 3.93. The number of aliphatic carboxylic acids is 1. The van der Waals surface area contributed by atoms with E-state index in [1.807, 2.05) is 6.92 Å². The van der Waals surface area contributed by atoms with E-state index in [1.165, 1.54) is 0 Å². The molecule has 3 unspecified atom stereocenters. The highest BCUT2D eigenvalue weighted by Gasteiger charge is 2.34. The molecule has 14 heavy (non-hydrogen) atoms. The quantitative estimate of drug-likeness (QED) is 0.707. The van der Waals surface area contributed by atoms with Crippen molar-refractivity contribution in [1.82, 2.24) is 0 Å². The Balaban J connectivity index is 2.48. The Morgan fingerprint density at radius 2 is 2.29 bits per heavy atom. The van der Waals surface area contributed by atoms with Gasteiger partial charge in [0, 0.05) is 6.54 Å². The lowest BCUT2D eigenvalue weighted by Crippen LogP contribution is -2.37. The number of ether oxygens (including phenoxy) is 1. The van der Waals surface area contributed by atoms with Gasteiger partial charge in [-0.3, -0.25) is 4.79 Å². The zero-order chi connectivity index (χ0) is 10.6. The van der Waals surface area contributed by atoms with Crippen molar-refractivity contribution in [2.75, 3.05) is 13.2 Å². The van der Waals surface area contributed by atoms with E-state index >= 15 is 0 Å². The topological polar surface area (TPSA) is 72.5 Å². The molecule has 3 N–H and O–H groups in total. The van der Waals surface area contributed by atoms with E-state index in [9.17, 15) is 4.79 Å². The molecule has 0 aromatic carbocycles. The van der Waals surface area contributed by atoms with Crippen LogP contribution in [0.5, 0.6) is 0 Å². The molecule has 1 aliphatic carbocycles. The fourth-order valence-corrected chi connectivity index (χ4v) is 2.13. The van der Waals surface area contributed by atoms with Crippen molar-refractivity contribution < 1.29 is 14.6 Å². The third kappa shape index (κ3) is 2.69. The molecular formula is C10H19NO3. The van der Waals surface area contributed by atoms with Crippen molar-refractivity contribution in [2.24, 2.45) is 17.6 Å². The van der Waals surface area contributed by atoms with Gasteiger partial charge in [0.1, 0.15) is 0 Å². The van der Waals surface area contributed by atoms with Gasteiger partial charge in [-0.2, -0.15) is 0 Å². The van der Waals surface area contributed by atoms with Crippen LogP contribution in [0.1, 0.15) is 26.2 Å². The van der Waals surface area contributed by atoms with Crippen molar-refractivity contribution in [2.45, 2.75) is 32.3 Å². The standard InChI is InChI=1S/C10H19NO3/c1-7-8(10(12)13)3-2-4-9(7)14-6-5-11/h7-9H,2-6,11H2,1H3,(H,12,13). The van der Waals surface area contributed by atoms with Crippen molar-refractivity contribution in [3.63, 3.8) is 0 Å². The van der Waals surface area contributed by atoms with Crippen LogP contribution in [0.25, 0.3) is 0 Å². The number of carboxylic acid groups (broad SMARTS) is 1. The molecule has 1 aliphatic rings. The lowest BCUT2D eigenvalue weighted by atomic mass is 9.78. The Bertz CT molecular complexity index is 196. The first-order valence-corrected chi connectivity index (χ1v) is 5.21. The normalized spacial score (nSPS) is 32.9. The molecule has 4 nitrogen and oxygen atoms in total. The zero-order valence-electron chi connectivity index (χ0n) is 8.61. The number of carbonyl (C=O) groups is 1. The molecule has 82 valence electrons. The highest BCUT2D eigenvalue weighted by Crippen LogP contribution is 2.31. The average molecular weight is 201 g/mol. The van der Waals surface area contributed by atoms with Crippen LogP contribution < -0.4 is 5.73 Å². The monoisotopic (exact) mass is 201 g/mol. The molecule has 1 rings (SSSR count). The minimum Gasteiger partial charge on any atom is -0.481 e. The molecular weight excluding hydrogens is 182 g/mol. The van der Waals surface area contributed by atoms with Gasteiger partial charge in [0.2, 0.25) is 0 Å². The van der Waals surface area contributed by atoms with Gasteiger partial charge in [0.15, 0.2) is 0 Å². The van der Waals surface area contributed by atoms with Gasteiger partial charge in [0.25, 0.3) is 0 Å². The van der Waals surface area contributed by atoms with Gasteiger partial charge in [-0.05, 0) is 25.2 Å². The van der Waals surface area contributed by atoms with Gasteiger partial charge in [-0.1, -0.05) is 6.92 Å². The van der Waals surface area contributed by atoms with E-state index in [2.05, 4.69) is 0 Å². The van der Waals surface area contributed by atoms with Gasteiger partial charge in [-0.15, -0.1) is 0 Å². The van der Waals surface area contributed by atoms with Crippen molar-refractivity contribution in [3.8, 4) is 0 Å². The number of hydrogen-bond donors (Lipinski definition) is 2. The van der Waals surface area contributed by atoms with Crippen LogP contribution in [-0.2, 0) is 9.53 Å². The van der Waals surface area contributed by atoms with Crippen LogP contribution in [0.15, 0.2) is 0 Å². The maximum atomic E-state index is 10.9. The summed E-state index contributed by atoms with van der Waals surface area (Å²) in [5.41, 5.74) is 5.34. The van der Waals surface area contributed by atoms with E-state index < -0.39 is 5.97 Å². The molecule has 4 heteroatoms. The fraction of sp³-hybridized carbons (Fsp3) is 0.900. The fourth-order valence-electron chi connectivity index (χ4n) is 2.13. The van der Waals surface area contributed by atoms with Crippen molar-refractivity contribution >= 4 is 5.97 Å². The molecule has 0 aliphatic heterocycles. The molecule has 0 aromatic heterocycles. The zero-order valence-corrected chi connectivity index (χ0v) is 8.61. The summed E-state index contributed by atoms with van der Waals surface area (Å²) in [6.45, 7) is 2.99. The van der Waals surface area contributed by atoms with Crippen molar-refractivity contribution in [1.29, 1.82) is 0 Å². The number of carboxylic acids is 1. The smallest absolute Gasteiger partial charge is 0.306 e. The summed E-state index contributed by atoms with van der Waals surface area (Å²) in [5.74, 6) is -0.835. The molecule has 1 saturated carbocycles. The summed E-state index contributed by atoms with van der Waals surface area (Å²) in [5, 5.41) is 8.97. The third-order valence-corrected chi connectivity index (χ3v) is 2.99. The van der Waals surface area contributed by atoms with Crippen LogP contribution in [0.4, 0.5) is 0 Å². The lowest BCUT2D eigenvalue weighted by Gasteiger charge is -2.33. The summed E-state index contributed by atoms with van der Waals surface area (Å²) >= 11 is 0. The SMILES string of the molecule is CC1C(OCCN)CCCC1C(=O)O. The molecule has 0 bridgehead atoms. The summed E-state index contributed by atoms with van der Waals surface area (Å²) in [7, 11) is 0. The van der Waals surface area contributed by atoms with Crippen LogP contribution in [0, 0.1) is 11.8 Å². The van der Waals surface area contributed by atoms with Crippen LogP contribution in [0.2, 0.25) is 0 Å². The molecule has 1 fully saturated rings. The van der Waals surface area contributed by atoms with Crippen LogP contribution in [-0.4, -0.2) is 30.3 Å². The molecule has 0 aromatic rings. The van der Waals surface area contributed by atoms with Crippen molar-refractivity contribution in [3.05, 3.63) is 0 Å². The molecule has 0 spiro atoms. The average Bonchev–Trinajstić information content (AvgIpc) is 2.16. The second-order valence-electron chi connectivity index (χ2n) is 3.93. The summed E-state index contributed by atoms with van der Waals surface area (Å²) in [6.07, 6.45) is 2.76. The molecule has 0 heterocycles. The van der Waals surface area contributed by atoms with Gasteiger partial charge < -0.3 is 15.6 Å². The minimum atomic E-state index is -0.696. The maximum Gasteiger partial charge on any atom is 0.306 e. The molecule has 0 saturated heterocycles. The Morgan fingerprint density at radius 1 is 1.57 bits per heavy atom. The lowest BCUT2D eigenvalue weighted by molar-refractivity contribution is -0.148. The number of hydrogen-bond acceptors (Lipinski definition) is 3. The van der Waals surface area contributed by atoms with E-state index in [0.29, 0.717) is 13.2 Å². The van der Waals surface area contributed by atoms with E-state index in [1.54, 1.807) is 0 Å². The third-order valence-electron chi connectivity index (χ3n) is 2.99. The molecule has 3 atom stereocenters. The molecule has 0 amide bonds. The number of rotatable bonds is 4. The largest absolute Gasteiger partial charge is 0.481 e. The first-order chi connectivity index (χ1) is 6.66. The van der Waals surface area contributed by atoms with E-state index in [0.717, 1.165) is 19.3 Å². The van der Waals surface area contributed by atoms with Gasteiger partial charge >= 0.3 is 5.97 Å². The molecule has 0 radical (unpaired) electrons. The van der Waals surface area contributed by atoms with Crippen LogP contribution >= 0.6 is 0 Å². The first kappa shape index (κ1) is 11.5. The van der Waals surface area contributed by atoms with Crippen LogP contribution in [0.3, 0.4) is 0 Å². The van der Waals surface area contributed by atoms with Gasteiger partial charge in [-0.25, -0.2) is 0 Å². The predicted molar refractivity (Wildman–Crippen MR) is 52.9 cm³/mol. The summed E-state index contributed by atoms with van der Waals surface area (Å²) in [6, 6.07) is 0. The van der Waals surface area contributed by atoms with Gasteiger partial charge in [0.05, 0.1) is 18.6 Å². The van der Waals surface area contributed by atoms with E-state index in [4.69, 9.17) is 15.6 Å². The number of nitrogens with two attached hydrogens (primary N) is 1. The maximum absolute atomic E-state index is 10.9.